The van der Waals surface area contributed by atoms with Crippen molar-refractivity contribution in [3.05, 3.63) is 12.2 Å². The summed E-state index contributed by atoms with van der Waals surface area (Å²) in [5, 5.41) is 0. The van der Waals surface area contributed by atoms with Gasteiger partial charge in [-0.25, -0.2) is 0 Å². The van der Waals surface area contributed by atoms with Crippen LogP contribution in [0.1, 0.15) is 122 Å². The first-order valence-electron chi connectivity index (χ1n) is 15.3. The molecular weight excluding hydrogens is 442 g/mol. The van der Waals surface area contributed by atoms with E-state index < -0.39 is 6.08 Å². The van der Waals surface area contributed by atoms with Gasteiger partial charge in [0, 0.05) is 12.3 Å². The zero-order chi connectivity index (χ0) is 24.5. The van der Waals surface area contributed by atoms with Crippen LogP contribution in [0.25, 0.3) is 0 Å². The molecule has 3 saturated carbocycles. The molecule has 4 rings (SSSR count). The van der Waals surface area contributed by atoms with E-state index in [1.54, 1.807) is 0 Å². The highest BCUT2D eigenvalue weighted by Crippen LogP contribution is 2.44. The zero-order valence-electron chi connectivity index (χ0n) is 22.4. The average Bonchev–Trinajstić information content (AvgIpc) is 2.89. The molecule has 0 bridgehead atoms. The molecule has 4 heteroatoms. The molecule has 0 amide bonds. The molecule has 35 heavy (non-hydrogen) atoms. The van der Waals surface area contributed by atoms with E-state index >= 15 is 0 Å². The molecule has 4 aliphatic rings. The Morgan fingerprint density at radius 2 is 1.03 bits per heavy atom. The lowest BCUT2D eigenvalue weighted by Crippen LogP contribution is -2.37. The topological polar surface area (TPSA) is 18.5 Å². The Labute approximate surface area is 214 Å². The first kappa shape index (κ1) is 27.6. The lowest BCUT2D eigenvalue weighted by Gasteiger charge is -2.39. The summed E-state index contributed by atoms with van der Waals surface area (Å²) in [6.07, 6.45) is 23.2. The van der Waals surface area contributed by atoms with E-state index in [4.69, 9.17) is 9.47 Å². The zero-order valence-corrected chi connectivity index (χ0v) is 22.4. The predicted octanol–water partition coefficient (Wildman–Crippen LogP) is 9.54. The van der Waals surface area contributed by atoms with Crippen LogP contribution in [-0.4, -0.2) is 19.5 Å². The summed E-state index contributed by atoms with van der Waals surface area (Å²) in [4.78, 5) is 0. The third kappa shape index (κ3) is 8.80. The van der Waals surface area contributed by atoms with Crippen LogP contribution >= 0.6 is 0 Å². The molecule has 0 aromatic carbocycles. The van der Waals surface area contributed by atoms with Gasteiger partial charge in [0.25, 0.3) is 6.08 Å². The largest absolute Gasteiger partial charge is 0.352 e. The fraction of sp³-hybridized carbons (Fsp3) is 0.935. The molecule has 0 unspecified atom stereocenters. The Bertz CT molecular complexity index is 601. The van der Waals surface area contributed by atoms with Crippen LogP contribution in [0.4, 0.5) is 8.78 Å². The number of allylic oxidation sites excluding steroid dienone is 1. The number of rotatable bonds is 10. The molecule has 0 spiro atoms. The summed E-state index contributed by atoms with van der Waals surface area (Å²) >= 11 is 0. The number of ether oxygens (including phenoxy) is 2. The van der Waals surface area contributed by atoms with E-state index in [1.165, 1.54) is 103 Å². The number of halogens is 2. The summed E-state index contributed by atoms with van der Waals surface area (Å²) in [6, 6.07) is 0. The maximum atomic E-state index is 12.2. The maximum Gasteiger partial charge on any atom is 0.266 e. The van der Waals surface area contributed by atoms with Gasteiger partial charge >= 0.3 is 0 Å². The lowest BCUT2D eigenvalue weighted by molar-refractivity contribution is -0.211. The fourth-order valence-corrected chi connectivity index (χ4v) is 8.05. The van der Waals surface area contributed by atoms with Gasteiger partial charge in [-0.1, -0.05) is 71.1 Å². The maximum absolute atomic E-state index is 12.2. The van der Waals surface area contributed by atoms with E-state index in [0.29, 0.717) is 18.8 Å². The molecule has 202 valence electrons. The standard InChI is InChI=1S/C31H52F2O2/c1-2-4-23-9-15-26(16-10-23)27-17-11-24(12-18-27)7-8-25-13-19-28(20-14-25)29-21-34-31(35-22-29)6-3-5-30(32)33/h5,23-29,31H,2-4,6-22H2,1H3. The molecule has 0 atom stereocenters. The predicted molar refractivity (Wildman–Crippen MR) is 139 cm³/mol. The minimum absolute atomic E-state index is 0.302. The monoisotopic (exact) mass is 494 g/mol. The van der Waals surface area contributed by atoms with Crippen molar-refractivity contribution in [3.63, 3.8) is 0 Å². The van der Waals surface area contributed by atoms with Gasteiger partial charge in [0.15, 0.2) is 6.29 Å². The van der Waals surface area contributed by atoms with E-state index in [-0.39, 0.29) is 6.29 Å². The van der Waals surface area contributed by atoms with Crippen LogP contribution in [0.2, 0.25) is 0 Å². The second-order valence-electron chi connectivity index (χ2n) is 12.6. The molecule has 4 fully saturated rings. The molecule has 0 radical (unpaired) electrons. The minimum atomic E-state index is -1.61. The molecule has 3 aliphatic carbocycles. The third-order valence-electron chi connectivity index (χ3n) is 10.4. The highest BCUT2D eigenvalue weighted by Gasteiger charge is 2.33. The Kier molecular flexibility index (Phi) is 11.4. The van der Waals surface area contributed by atoms with E-state index in [0.717, 1.165) is 54.8 Å². The van der Waals surface area contributed by atoms with Gasteiger partial charge in [0.2, 0.25) is 0 Å². The van der Waals surface area contributed by atoms with E-state index in [1.807, 2.05) is 0 Å². The molecule has 0 aromatic heterocycles. The van der Waals surface area contributed by atoms with Crippen LogP contribution < -0.4 is 0 Å². The summed E-state index contributed by atoms with van der Waals surface area (Å²) < 4.78 is 36.1. The van der Waals surface area contributed by atoms with Gasteiger partial charge in [-0.2, -0.15) is 8.78 Å². The van der Waals surface area contributed by atoms with Crippen molar-refractivity contribution in [1.29, 1.82) is 0 Å². The first-order valence-corrected chi connectivity index (χ1v) is 15.3. The minimum Gasteiger partial charge on any atom is -0.352 e. The van der Waals surface area contributed by atoms with Crippen LogP contribution in [0, 0.1) is 41.4 Å². The highest BCUT2D eigenvalue weighted by molar-refractivity contribution is 4.84. The van der Waals surface area contributed by atoms with Gasteiger partial charge < -0.3 is 9.47 Å². The van der Waals surface area contributed by atoms with Crippen molar-refractivity contribution in [2.24, 2.45) is 41.4 Å². The summed E-state index contributed by atoms with van der Waals surface area (Å²) in [7, 11) is 0. The molecule has 0 aromatic rings. The van der Waals surface area contributed by atoms with Crippen molar-refractivity contribution in [2.45, 2.75) is 129 Å². The van der Waals surface area contributed by atoms with Gasteiger partial charge in [0.05, 0.1) is 13.2 Å². The van der Waals surface area contributed by atoms with Crippen molar-refractivity contribution in [1.82, 2.24) is 0 Å². The van der Waals surface area contributed by atoms with Crippen LogP contribution in [0.3, 0.4) is 0 Å². The second-order valence-corrected chi connectivity index (χ2v) is 12.6. The first-order chi connectivity index (χ1) is 17.1. The molecule has 0 N–H and O–H groups in total. The quantitative estimate of drug-likeness (QED) is 0.301. The summed E-state index contributed by atoms with van der Waals surface area (Å²) in [5.74, 6) is 6.28. The van der Waals surface area contributed by atoms with Crippen LogP contribution in [0.15, 0.2) is 12.2 Å². The summed E-state index contributed by atoms with van der Waals surface area (Å²) in [6.45, 7) is 3.83. The second kappa shape index (κ2) is 14.5. The Morgan fingerprint density at radius 3 is 1.46 bits per heavy atom. The Morgan fingerprint density at radius 1 is 0.600 bits per heavy atom. The van der Waals surface area contributed by atoms with E-state index in [9.17, 15) is 8.78 Å². The van der Waals surface area contributed by atoms with Gasteiger partial charge in [0.1, 0.15) is 0 Å². The van der Waals surface area contributed by atoms with Crippen molar-refractivity contribution >= 4 is 0 Å². The smallest absolute Gasteiger partial charge is 0.266 e. The van der Waals surface area contributed by atoms with Crippen molar-refractivity contribution < 1.29 is 18.3 Å². The van der Waals surface area contributed by atoms with Crippen molar-refractivity contribution in [3.8, 4) is 0 Å². The number of hydrogen-bond acceptors (Lipinski definition) is 2. The van der Waals surface area contributed by atoms with Gasteiger partial charge in [-0.15, -0.1) is 0 Å². The highest BCUT2D eigenvalue weighted by atomic mass is 19.3. The fourth-order valence-electron chi connectivity index (χ4n) is 8.05. The molecule has 1 aliphatic heterocycles. The molecule has 1 saturated heterocycles. The SMILES string of the molecule is CCCC1CCC(C2CCC(CCC3CCC(C4COC(CCC=C(F)F)OC4)CC3)CC2)CC1. The molecule has 1 heterocycles. The van der Waals surface area contributed by atoms with Gasteiger partial charge in [-0.3, -0.25) is 0 Å². The molecular formula is C31H52F2O2. The Hall–Kier alpha value is -0.480. The van der Waals surface area contributed by atoms with Crippen LogP contribution in [-0.2, 0) is 9.47 Å². The summed E-state index contributed by atoms with van der Waals surface area (Å²) in [5.41, 5.74) is 0. The van der Waals surface area contributed by atoms with E-state index in [2.05, 4.69) is 6.92 Å². The molecule has 2 nitrogen and oxygen atoms in total. The van der Waals surface area contributed by atoms with Gasteiger partial charge in [-0.05, 0) is 86.5 Å². The number of hydrogen-bond donors (Lipinski definition) is 0. The lowest BCUT2D eigenvalue weighted by atomic mass is 9.67. The van der Waals surface area contributed by atoms with Crippen LogP contribution in [0.5, 0.6) is 0 Å². The third-order valence-corrected chi connectivity index (χ3v) is 10.4. The average molecular weight is 495 g/mol. The normalized spacial score (nSPS) is 38.7. The Balaban J connectivity index is 1.05. The van der Waals surface area contributed by atoms with Crippen molar-refractivity contribution in [2.75, 3.05) is 13.2 Å².